The lowest BCUT2D eigenvalue weighted by Crippen LogP contribution is -2.41. The number of carbonyl (C=O) groups is 1. The molecule has 0 saturated heterocycles. The van der Waals surface area contributed by atoms with Gasteiger partial charge in [0.1, 0.15) is 5.78 Å². The minimum atomic E-state index is -3.06. The highest BCUT2D eigenvalue weighted by atomic mass is 32.2. The van der Waals surface area contributed by atoms with Crippen LogP contribution in [0.25, 0.3) is 0 Å². The molecule has 0 unspecified atom stereocenters. The van der Waals surface area contributed by atoms with Gasteiger partial charge < -0.3 is 5.73 Å². The van der Waals surface area contributed by atoms with Gasteiger partial charge in [0, 0.05) is 24.1 Å². The van der Waals surface area contributed by atoms with E-state index in [4.69, 9.17) is 5.73 Å². The van der Waals surface area contributed by atoms with Gasteiger partial charge in [0.25, 0.3) is 0 Å². The van der Waals surface area contributed by atoms with Crippen LogP contribution in [0.5, 0.6) is 0 Å². The zero-order chi connectivity index (χ0) is 13.6. The minimum Gasteiger partial charge on any atom is -0.329 e. The number of carbonyl (C=O) groups excluding carboxylic acids is 1. The summed E-state index contributed by atoms with van der Waals surface area (Å²) in [4.78, 5) is 12.3. The van der Waals surface area contributed by atoms with Gasteiger partial charge in [0.2, 0.25) is 0 Å². The van der Waals surface area contributed by atoms with Gasteiger partial charge in [-0.25, -0.2) is 8.42 Å². The summed E-state index contributed by atoms with van der Waals surface area (Å²) in [5.74, 6) is 0.224. The lowest BCUT2D eigenvalue weighted by atomic mass is 9.70. The van der Waals surface area contributed by atoms with E-state index in [1.165, 1.54) is 0 Å². The predicted octanol–water partition coefficient (Wildman–Crippen LogP) is 1.68. The van der Waals surface area contributed by atoms with Crippen molar-refractivity contribution in [3.8, 4) is 0 Å². The molecule has 0 aliphatic heterocycles. The minimum absolute atomic E-state index is 0.0125. The van der Waals surface area contributed by atoms with Crippen LogP contribution < -0.4 is 5.73 Å². The molecule has 2 N–H and O–H groups in total. The molecular weight excluding hydrogens is 250 g/mol. The maximum atomic E-state index is 12.3. The van der Waals surface area contributed by atoms with Crippen molar-refractivity contribution in [1.82, 2.24) is 0 Å². The Hall–Kier alpha value is -0.420. The fraction of sp³-hybridized carbons (Fsp3) is 0.923. The Bertz CT molecular complexity index is 370. The van der Waals surface area contributed by atoms with Crippen molar-refractivity contribution < 1.29 is 13.2 Å². The van der Waals surface area contributed by atoms with E-state index in [1.54, 1.807) is 0 Å². The van der Waals surface area contributed by atoms with E-state index in [0.29, 0.717) is 13.0 Å². The van der Waals surface area contributed by atoms with Gasteiger partial charge in [0.15, 0.2) is 9.84 Å². The molecule has 1 saturated carbocycles. The maximum absolute atomic E-state index is 12.3. The second-order valence-electron chi connectivity index (χ2n) is 5.37. The van der Waals surface area contributed by atoms with Crippen molar-refractivity contribution in [2.24, 2.45) is 11.1 Å². The lowest BCUT2D eigenvalue weighted by molar-refractivity contribution is -0.129. The number of rotatable bonds is 7. The highest BCUT2D eigenvalue weighted by Gasteiger charge is 2.37. The maximum Gasteiger partial charge on any atom is 0.150 e. The van der Waals surface area contributed by atoms with E-state index in [2.05, 4.69) is 0 Å². The largest absolute Gasteiger partial charge is 0.329 e. The van der Waals surface area contributed by atoms with Gasteiger partial charge in [0.05, 0.1) is 5.75 Å². The van der Waals surface area contributed by atoms with Crippen molar-refractivity contribution in [1.29, 1.82) is 0 Å². The van der Waals surface area contributed by atoms with Gasteiger partial charge in [-0.1, -0.05) is 26.2 Å². The third kappa shape index (κ3) is 4.05. The zero-order valence-corrected chi connectivity index (χ0v) is 12.1. The monoisotopic (exact) mass is 275 g/mol. The molecule has 0 aromatic heterocycles. The van der Waals surface area contributed by atoms with Crippen molar-refractivity contribution in [2.45, 2.75) is 51.9 Å². The number of nitrogens with two attached hydrogens (primary N) is 1. The molecule has 106 valence electrons. The van der Waals surface area contributed by atoms with E-state index < -0.39 is 15.3 Å². The molecule has 5 heteroatoms. The van der Waals surface area contributed by atoms with Gasteiger partial charge >= 0.3 is 0 Å². The van der Waals surface area contributed by atoms with Crippen LogP contribution >= 0.6 is 0 Å². The van der Waals surface area contributed by atoms with Crippen molar-refractivity contribution in [3.63, 3.8) is 0 Å². The average Bonchev–Trinajstić information content (AvgIpc) is 2.37. The van der Waals surface area contributed by atoms with E-state index in [1.807, 2.05) is 6.92 Å². The molecule has 1 aliphatic carbocycles. The number of hydrogen-bond donors (Lipinski definition) is 1. The fourth-order valence-electron chi connectivity index (χ4n) is 2.75. The molecule has 18 heavy (non-hydrogen) atoms. The first kappa shape index (κ1) is 15.6. The van der Waals surface area contributed by atoms with E-state index in [9.17, 15) is 13.2 Å². The molecule has 0 aromatic carbocycles. The second-order valence-corrected chi connectivity index (χ2v) is 7.67. The highest BCUT2D eigenvalue weighted by molar-refractivity contribution is 7.91. The Morgan fingerprint density at radius 3 is 2.28 bits per heavy atom. The fourth-order valence-corrected chi connectivity index (χ4v) is 4.07. The second kappa shape index (κ2) is 6.66. The van der Waals surface area contributed by atoms with Crippen molar-refractivity contribution in [2.75, 3.05) is 18.1 Å². The molecule has 0 heterocycles. The van der Waals surface area contributed by atoms with Gasteiger partial charge in [-0.15, -0.1) is 0 Å². The lowest BCUT2D eigenvalue weighted by Gasteiger charge is -2.34. The topological polar surface area (TPSA) is 77.2 Å². The summed E-state index contributed by atoms with van der Waals surface area (Å²) in [6.45, 7) is 2.20. The third-order valence-electron chi connectivity index (χ3n) is 3.95. The summed E-state index contributed by atoms with van der Waals surface area (Å²) in [5.41, 5.74) is 5.34. The summed E-state index contributed by atoms with van der Waals surface area (Å²) in [6.07, 6.45) is 5.63. The summed E-state index contributed by atoms with van der Waals surface area (Å²) in [6, 6.07) is 0. The molecule has 1 rings (SSSR count). The summed E-state index contributed by atoms with van der Waals surface area (Å²) >= 11 is 0. The molecule has 4 nitrogen and oxygen atoms in total. The highest BCUT2D eigenvalue weighted by Crippen LogP contribution is 2.37. The summed E-state index contributed by atoms with van der Waals surface area (Å²) < 4.78 is 23.3. The third-order valence-corrected chi connectivity index (χ3v) is 5.80. The molecule has 0 atom stereocenters. The van der Waals surface area contributed by atoms with Crippen LogP contribution in [0.4, 0.5) is 0 Å². The van der Waals surface area contributed by atoms with Crippen molar-refractivity contribution in [3.05, 3.63) is 0 Å². The molecule has 0 bridgehead atoms. The Balaban J connectivity index is 2.58. The number of Topliss-reactive ketones (excluding diaryl/α,β-unsaturated/α-hetero) is 1. The predicted molar refractivity (Wildman–Crippen MR) is 73.1 cm³/mol. The van der Waals surface area contributed by atoms with Gasteiger partial charge in [-0.3, -0.25) is 4.79 Å². The normalized spacial score (nSPS) is 19.7. The molecule has 0 radical (unpaired) electrons. The van der Waals surface area contributed by atoms with Crippen LogP contribution in [0.15, 0.2) is 0 Å². The quantitative estimate of drug-likeness (QED) is 0.767. The average molecular weight is 275 g/mol. The SMILES string of the molecule is CCCS(=O)(=O)CCC(=O)C1(CN)CCCCC1. The van der Waals surface area contributed by atoms with E-state index in [0.717, 1.165) is 32.1 Å². The molecule has 0 spiro atoms. The first-order chi connectivity index (χ1) is 8.46. The number of ketones is 1. The van der Waals surface area contributed by atoms with E-state index >= 15 is 0 Å². The Kier molecular flexibility index (Phi) is 5.79. The Morgan fingerprint density at radius 1 is 1.17 bits per heavy atom. The van der Waals surface area contributed by atoms with Crippen LogP contribution in [0.2, 0.25) is 0 Å². The molecule has 0 amide bonds. The molecule has 1 fully saturated rings. The van der Waals surface area contributed by atoms with Gasteiger partial charge in [-0.2, -0.15) is 0 Å². The standard InChI is InChI=1S/C13H25NO3S/c1-2-9-18(16,17)10-6-12(15)13(11-14)7-4-3-5-8-13/h2-11,14H2,1H3. The summed E-state index contributed by atoms with van der Waals surface area (Å²) in [7, 11) is -3.06. The van der Waals surface area contributed by atoms with Crippen LogP contribution in [0.1, 0.15) is 51.9 Å². The van der Waals surface area contributed by atoms with Gasteiger partial charge in [-0.05, 0) is 19.3 Å². The smallest absolute Gasteiger partial charge is 0.150 e. The first-order valence-corrected chi connectivity index (χ1v) is 8.72. The molecule has 1 aliphatic rings. The zero-order valence-electron chi connectivity index (χ0n) is 11.3. The molecule has 0 aromatic rings. The number of hydrogen-bond acceptors (Lipinski definition) is 4. The molecular formula is C13H25NO3S. The van der Waals surface area contributed by atoms with E-state index in [-0.39, 0.29) is 23.7 Å². The van der Waals surface area contributed by atoms with Crippen LogP contribution in [-0.2, 0) is 14.6 Å². The Morgan fingerprint density at radius 2 is 1.78 bits per heavy atom. The summed E-state index contributed by atoms with van der Waals surface area (Å²) in [5, 5.41) is 0. The Labute approximate surface area is 110 Å². The van der Waals surface area contributed by atoms with Crippen LogP contribution in [0.3, 0.4) is 0 Å². The number of sulfone groups is 1. The van der Waals surface area contributed by atoms with Crippen LogP contribution in [-0.4, -0.2) is 32.3 Å². The first-order valence-electron chi connectivity index (χ1n) is 6.89. The van der Waals surface area contributed by atoms with Crippen LogP contribution in [0, 0.1) is 5.41 Å². The van der Waals surface area contributed by atoms with Crippen molar-refractivity contribution >= 4 is 15.6 Å².